The summed E-state index contributed by atoms with van der Waals surface area (Å²) in [6.07, 6.45) is 3.39. The number of nitrogens with zero attached hydrogens (tertiary/aromatic N) is 1. The van der Waals surface area contributed by atoms with Gasteiger partial charge in [-0.2, -0.15) is 0 Å². The molecule has 0 saturated heterocycles. The van der Waals surface area contributed by atoms with Crippen molar-refractivity contribution in [2.75, 3.05) is 13.1 Å². The van der Waals surface area contributed by atoms with E-state index in [2.05, 4.69) is 32.6 Å². The molecule has 0 spiro atoms. The molecule has 15 heavy (non-hydrogen) atoms. The molecule has 1 fully saturated rings. The maximum Gasteiger partial charge on any atom is 0.0580 e. The minimum absolute atomic E-state index is 0.0431. The van der Waals surface area contributed by atoms with Gasteiger partial charge in [0.1, 0.15) is 0 Å². The topological polar surface area (TPSA) is 23.5 Å². The van der Waals surface area contributed by atoms with Gasteiger partial charge in [-0.1, -0.05) is 20.3 Å². The van der Waals surface area contributed by atoms with Crippen LogP contribution in [0.2, 0.25) is 0 Å². The van der Waals surface area contributed by atoms with Gasteiger partial charge in [0.2, 0.25) is 0 Å². The third-order valence-corrected chi connectivity index (χ3v) is 3.42. The summed E-state index contributed by atoms with van der Waals surface area (Å²) in [6, 6.07) is 0.597. The second kappa shape index (κ2) is 5.86. The van der Waals surface area contributed by atoms with Crippen molar-refractivity contribution in [1.29, 1.82) is 0 Å². The predicted octanol–water partition coefficient (Wildman–Crippen LogP) is 2.51. The molecule has 1 saturated carbocycles. The molecule has 0 heterocycles. The molecule has 1 aliphatic rings. The first kappa shape index (κ1) is 13.0. The highest BCUT2D eigenvalue weighted by molar-refractivity contribution is 4.80. The molecule has 0 aromatic carbocycles. The van der Waals surface area contributed by atoms with Gasteiger partial charge in [0.15, 0.2) is 0 Å². The molecule has 1 aliphatic carbocycles. The lowest BCUT2D eigenvalue weighted by Crippen LogP contribution is -2.39. The fourth-order valence-corrected chi connectivity index (χ4v) is 2.50. The predicted molar refractivity (Wildman–Crippen MR) is 64.9 cm³/mol. The smallest absolute Gasteiger partial charge is 0.0580 e. The molecule has 0 aromatic heterocycles. The van der Waals surface area contributed by atoms with E-state index in [-0.39, 0.29) is 6.10 Å². The Labute approximate surface area is 94.7 Å². The van der Waals surface area contributed by atoms with Gasteiger partial charge in [0.05, 0.1) is 6.10 Å². The van der Waals surface area contributed by atoms with Crippen molar-refractivity contribution < 1.29 is 5.11 Å². The Bertz CT molecular complexity index is 179. The van der Waals surface area contributed by atoms with Gasteiger partial charge in [0.25, 0.3) is 0 Å². The highest BCUT2D eigenvalue weighted by Crippen LogP contribution is 2.27. The molecule has 2 nitrogen and oxygen atoms in total. The van der Waals surface area contributed by atoms with Gasteiger partial charge in [-0.15, -0.1) is 0 Å². The first-order valence-electron chi connectivity index (χ1n) is 6.42. The van der Waals surface area contributed by atoms with Crippen LogP contribution in [0, 0.1) is 11.8 Å². The largest absolute Gasteiger partial charge is 0.393 e. The highest BCUT2D eigenvalue weighted by Gasteiger charge is 2.27. The van der Waals surface area contributed by atoms with Crippen molar-refractivity contribution in [2.24, 2.45) is 11.8 Å². The van der Waals surface area contributed by atoms with E-state index >= 15 is 0 Å². The molecule has 2 atom stereocenters. The Morgan fingerprint density at radius 2 is 1.87 bits per heavy atom. The third-order valence-electron chi connectivity index (χ3n) is 3.42. The summed E-state index contributed by atoms with van der Waals surface area (Å²) in [5, 5.41) is 9.83. The monoisotopic (exact) mass is 213 g/mol. The molecule has 1 N–H and O–H groups in total. The van der Waals surface area contributed by atoms with Crippen LogP contribution in [-0.2, 0) is 0 Å². The molecule has 2 unspecified atom stereocenters. The van der Waals surface area contributed by atoms with E-state index in [0.29, 0.717) is 17.9 Å². The van der Waals surface area contributed by atoms with Crippen LogP contribution >= 0.6 is 0 Å². The summed E-state index contributed by atoms with van der Waals surface area (Å²) in [5.41, 5.74) is 0. The minimum atomic E-state index is -0.0431. The third kappa shape index (κ3) is 4.12. The lowest BCUT2D eigenvalue weighted by molar-refractivity contribution is 0.0856. The summed E-state index contributed by atoms with van der Waals surface area (Å²) in [4.78, 5) is 2.52. The Morgan fingerprint density at radius 1 is 1.20 bits per heavy atom. The summed E-state index contributed by atoms with van der Waals surface area (Å²) in [6.45, 7) is 11.3. The van der Waals surface area contributed by atoms with Gasteiger partial charge >= 0.3 is 0 Å². The van der Waals surface area contributed by atoms with Crippen LogP contribution in [0.5, 0.6) is 0 Å². The fraction of sp³-hybridized carbons (Fsp3) is 1.00. The number of rotatable bonds is 5. The Kier molecular flexibility index (Phi) is 5.07. The standard InChI is InChI=1S/C13H27NO/c1-10(2)8-14(11(3)4)9-12-6-5-7-13(12)15/h10-13,15H,5-9H2,1-4H3. The zero-order chi connectivity index (χ0) is 11.4. The molecule has 0 radical (unpaired) electrons. The van der Waals surface area contributed by atoms with Gasteiger partial charge in [0, 0.05) is 19.1 Å². The maximum atomic E-state index is 9.83. The average Bonchev–Trinajstić information content (AvgIpc) is 2.50. The molecule has 0 bridgehead atoms. The highest BCUT2D eigenvalue weighted by atomic mass is 16.3. The van der Waals surface area contributed by atoms with Gasteiger partial charge in [-0.3, -0.25) is 0 Å². The summed E-state index contributed by atoms with van der Waals surface area (Å²) >= 11 is 0. The van der Waals surface area contributed by atoms with Crippen LogP contribution in [0.25, 0.3) is 0 Å². The molecular formula is C13H27NO. The van der Waals surface area contributed by atoms with Gasteiger partial charge in [-0.05, 0) is 38.5 Å². The lowest BCUT2D eigenvalue weighted by Gasteiger charge is -2.31. The summed E-state index contributed by atoms with van der Waals surface area (Å²) < 4.78 is 0. The molecule has 90 valence electrons. The molecule has 0 aliphatic heterocycles. The van der Waals surface area contributed by atoms with Crippen molar-refractivity contribution in [2.45, 2.75) is 59.1 Å². The van der Waals surface area contributed by atoms with E-state index < -0.39 is 0 Å². The first-order valence-corrected chi connectivity index (χ1v) is 6.42. The molecule has 2 heteroatoms. The SMILES string of the molecule is CC(C)CN(CC1CCCC1O)C(C)C. The van der Waals surface area contributed by atoms with E-state index in [1.165, 1.54) is 12.8 Å². The van der Waals surface area contributed by atoms with Crippen LogP contribution in [0.3, 0.4) is 0 Å². The average molecular weight is 213 g/mol. The maximum absolute atomic E-state index is 9.83. The summed E-state index contributed by atoms with van der Waals surface area (Å²) in [7, 11) is 0. The number of hydrogen-bond acceptors (Lipinski definition) is 2. The molecule has 0 aromatic rings. The van der Waals surface area contributed by atoms with Crippen molar-refractivity contribution >= 4 is 0 Å². The minimum Gasteiger partial charge on any atom is -0.393 e. The number of aliphatic hydroxyl groups is 1. The van der Waals surface area contributed by atoms with E-state index in [1.807, 2.05) is 0 Å². The second-order valence-corrected chi connectivity index (χ2v) is 5.70. The Hall–Kier alpha value is -0.0800. The second-order valence-electron chi connectivity index (χ2n) is 5.70. The van der Waals surface area contributed by atoms with Crippen LogP contribution in [-0.4, -0.2) is 35.2 Å². The number of hydrogen-bond donors (Lipinski definition) is 1. The van der Waals surface area contributed by atoms with Crippen LogP contribution in [0.4, 0.5) is 0 Å². The van der Waals surface area contributed by atoms with Crippen molar-refractivity contribution in [3.8, 4) is 0 Å². The fourth-order valence-electron chi connectivity index (χ4n) is 2.50. The molecule has 1 rings (SSSR count). The summed E-state index contributed by atoms with van der Waals surface area (Å²) in [5.74, 6) is 1.23. The quantitative estimate of drug-likeness (QED) is 0.758. The number of aliphatic hydroxyl groups excluding tert-OH is 1. The zero-order valence-electron chi connectivity index (χ0n) is 10.7. The van der Waals surface area contributed by atoms with E-state index in [1.54, 1.807) is 0 Å². The van der Waals surface area contributed by atoms with Crippen molar-refractivity contribution in [3.05, 3.63) is 0 Å². The normalized spacial score (nSPS) is 27.2. The van der Waals surface area contributed by atoms with Gasteiger partial charge in [-0.25, -0.2) is 0 Å². The van der Waals surface area contributed by atoms with E-state index in [4.69, 9.17) is 0 Å². The van der Waals surface area contributed by atoms with E-state index in [9.17, 15) is 5.11 Å². The Morgan fingerprint density at radius 3 is 2.27 bits per heavy atom. The van der Waals surface area contributed by atoms with Crippen molar-refractivity contribution in [3.63, 3.8) is 0 Å². The lowest BCUT2D eigenvalue weighted by atomic mass is 10.0. The molecular weight excluding hydrogens is 186 g/mol. The van der Waals surface area contributed by atoms with Crippen LogP contribution in [0.15, 0.2) is 0 Å². The van der Waals surface area contributed by atoms with Crippen molar-refractivity contribution in [1.82, 2.24) is 4.90 Å². The van der Waals surface area contributed by atoms with Crippen LogP contribution < -0.4 is 0 Å². The van der Waals surface area contributed by atoms with E-state index in [0.717, 1.165) is 19.5 Å². The first-order chi connectivity index (χ1) is 7.00. The van der Waals surface area contributed by atoms with Crippen LogP contribution in [0.1, 0.15) is 47.0 Å². The molecule has 0 amide bonds. The zero-order valence-corrected chi connectivity index (χ0v) is 10.7. The Balaban J connectivity index is 2.43. The van der Waals surface area contributed by atoms with Gasteiger partial charge < -0.3 is 10.0 Å².